The van der Waals surface area contributed by atoms with Gasteiger partial charge in [-0.2, -0.15) is 4.39 Å². The van der Waals surface area contributed by atoms with E-state index in [0.29, 0.717) is 5.56 Å². The van der Waals surface area contributed by atoms with Gasteiger partial charge in [0.15, 0.2) is 0 Å². The first-order valence-corrected chi connectivity index (χ1v) is 8.31. The maximum Gasteiger partial charge on any atom is 0.306 e. The summed E-state index contributed by atoms with van der Waals surface area (Å²) in [6, 6.07) is 9.13. The summed E-state index contributed by atoms with van der Waals surface area (Å²) in [5.74, 6) is -2.19. The molecule has 2 rings (SSSR count). The van der Waals surface area contributed by atoms with E-state index < -0.39 is 34.3 Å². The van der Waals surface area contributed by atoms with Crippen molar-refractivity contribution in [2.45, 2.75) is 26.8 Å². The lowest BCUT2D eigenvalue weighted by atomic mass is 10.0. The number of nitro benzene ring substituents is 1. The van der Waals surface area contributed by atoms with E-state index in [4.69, 9.17) is 0 Å². The van der Waals surface area contributed by atoms with E-state index >= 15 is 0 Å². The summed E-state index contributed by atoms with van der Waals surface area (Å²) in [4.78, 5) is 34.9. The summed E-state index contributed by atoms with van der Waals surface area (Å²) >= 11 is 0. The van der Waals surface area contributed by atoms with E-state index in [2.05, 4.69) is 10.6 Å². The van der Waals surface area contributed by atoms with E-state index in [0.717, 1.165) is 17.7 Å². The van der Waals surface area contributed by atoms with Crippen molar-refractivity contribution in [1.82, 2.24) is 5.32 Å². The van der Waals surface area contributed by atoms with Gasteiger partial charge in [0.2, 0.25) is 11.7 Å². The highest BCUT2D eigenvalue weighted by Gasteiger charge is 2.25. The standard InChI is InChI=1S/C19H20FN3O4/c1-11(2)17(22-18(24)13-6-4-5-12(3)9-13)19(25)21-14-7-8-15(20)16(10-14)23(26)27/h4-11,17H,1-3H3,(H,21,25)(H,22,24)/t17-/m0/s1. The number of nitro groups is 1. The van der Waals surface area contributed by atoms with Crippen LogP contribution < -0.4 is 10.6 Å². The van der Waals surface area contributed by atoms with Crippen molar-refractivity contribution in [3.8, 4) is 0 Å². The molecule has 0 saturated heterocycles. The zero-order valence-corrected chi connectivity index (χ0v) is 15.2. The number of carbonyl (C=O) groups is 2. The van der Waals surface area contributed by atoms with E-state index in [1.807, 2.05) is 13.0 Å². The van der Waals surface area contributed by atoms with Crippen molar-refractivity contribution >= 4 is 23.2 Å². The number of hydrogen-bond donors (Lipinski definition) is 2. The van der Waals surface area contributed by atoms with Crippen molar-refractivity contribution in [2.75, 3.05) is 5.32 Å². The molecule has 0 aromatic heterocycles. The molecule has 2 N–H and O–H groups in total. The fourth-order valence-electron chi connectivity index (χ4n) is 2.50. The molecule has 1 atom stereocenters. The van der Waals surface area contributed by atoms with Gasteiger partial charge in [0.25, 0.3) is 5.91 Å². The lowest BCUT2D eigenvalue weighted by molar-refractivity contribution is -0.387. The second kappa shape index (κ2) is 8.39. The quantitative estimate of drug-likeness (QED) is 0.598. The first-order chi connectivity index (χ1) is 12.7. The second-order valence-corrected chi connectivity index (χ2v) is 6.48. The maximum absolute atomic E-state index is 13.4. The molecular formula is C19H20FN3O4. The molecule has 142 valence electrons. The molecule has 2 aromatic rings. The summed E-state index contributed by atoms with van der Waals surface area (Å²) in [7, 11) is 0. The minimum Gasteiger partial charge on any atom is -0.340 e. The molecule has 2 aromatic carbocycles. The summed E-state index contributed by atoms with van der Waals surface area (Å²) in [5.41, 5.74) is 0.666. The second-order valence-electron chi connectivity index (χ2n) is 6.48. The predicted octanol–water partition coefficient (Wildman–Crippen LogP) is 3.44. The van der Waals surface area contributed by atoms with E-state index in [1.54, 1.807) is 32.0 Å². The topological polar surface area (TPSA) is 101 Å². The highest BCUT2D eigenvalue weighted by molar-refractivity contribution is 6.01. The van der Waals surface area contributed by atoms with Crippen LogP contribution in [-0.2, 0) is 4.79 Å². The molecule has 0 spiro atoms. The predicted molar refractivity (Wildman–Crippen MR) is 99.0 cm³/mol. The normalized spacial score (nSPS) is 11.7. The molecule has 2 amide bonds. The highest BCUT2D eigenvalue weighted by atomic mass is 19.1. The van der Waals surface area contributed by atoms with Crippen molar-refractivity contribution in [3.63, 3.8) is 0 Å². The van der Waals surface area contributed by atoms with Gasteiger partial charge < -0.3 is 10.6 Å². The largest absolute Gasteiger partial charge is 0.340 e. The van der Waals surface area contributed by atoms with Crippen LogP contribution in [0.15, 0.2) is 42.5 Å². The number of nitrogens with zero attached hydrogens (tertiary/aromatic N) is 1. The summed E-state index contributed by atoms with van der Waals surface area (Å²) in [5, 5.41) is 16.0. The van der Waals surface area contributed by atoms with Gasteiger partial charge in [-0.1, -0.05) is 31.5 Å². The van der Waals surface area contributed by atoms with Crippen molar-refractivity contribution in [3.05, 3.63) is 69.5 Å². The maximum atomic E-state index is 13.4. The van der Waals surface area contributed by atoms with E-state index in [-0.39, 0.29) is 11.6 Å². The third-order valence-electron chi connectivity index (χ3n) is 3.93. The van der Waals surface area contributed by atoms with E-state index in [9.17, 15) is 24.1 Å². The molecule has 0 saturated carbocycles. The molecule has 0 bridgehead atoms. The van der Waals surface area contributed by atoms with Crippen molar-refractivity contribution in [2.24, 2.45) is 5.92 Å². The molecular weight excluding hydrogens is 353 g/mol. The summed E-state index contributed by atoms with van der Waals surface area (Å²) in [6.45, 7) is 5.37. The van der Waals surface area contributed by atoms with Gasteiger partial charge in [-0.05, 0) is 37.1 Å². The molecule has 7 nitrogen and oxygen atoms in total. The fourth-order valence-corrected chi connectivity index (χ4v) is 2.50. The number of carbonyl (C=O) groups excluding carboxylic acids is 2. The van der Waals surface area contributed by atoms with Crippen LogP contribution in [0.5, 0.6) is 0 Å². The number of amides is 2. The molecule has 0 radical (unpaired) electrons. The Hall–Kier alpha value is -3.29. The number of hydrogen-bond acceptors (Lipinski definition) is 4. The van der Waals surface area contributed by atoms with Gasteiger partial charge in [-0.25, -0.2) is 0 Å². The Kier molecular flexibility index (Phi) is 6.23. The zero-order valence-electron chi connectivity index (χ0n) is 15.2. The minimum absolute atomic E-state index is 0.0727. The van der Waals surface area contributed by atoms with Crippen LogP contribution in [0.3, 0.4) is 0 Å². The zero-order chi connectivity index (χ0) is 20.1. The Morgan fingerprint density at radius 1 is 1.15 bits per heavy atom. The average Bonchev–Trinajstić information content (AvgIpc) is 2.60. The Labute approximate surface area is 155 Å². The Morgan fingerprint density at radius 3 is 2.44 bits per heavy atom. The fraction of sp³-hybridized carbons (Fsp3) is 0.263. The van der Waals surface area contributed by atoms with Crippen LogP contribution in [0.4, 0.5) is 15.8 Å². The first-order valence-electron chi connectivity index (χ1n) is 8.31. The van der Waals surface area contributed by atoms with Gasteiger partial charge in [0.1, 0.15) is 6.04 Å². The molecule has 0 heterocycles. The molecule has 27 heavy (non-hydrogen) atoms. The number of halogens is 1. The van der Waals surface area contributed by atoms with Gasteiger partial charge in [0, 0.05) is 17.3 Å². The Morgan fingerprint density at radius 2 is 1.85 bits per heavy atom. The van der Waals surface area contributed by atoms with E-state index in [1.165, 1.54) is 6.07 Å². The lowest BCUT2D eigenvalue weighted by Gasteiger charge is -2.22. The SMILES string of the molecule is Cc1cccc(C(=O)N[C@H](C(=O)Nc2ccc(F)c([N+](=O)[O-])c2)C(C)C)c1. The van der Waals surface area contributed by atoms with Crippen LogP contribution >= 0.6 is 0 Å². The average molecular weight is 373 g/mol. The third kappa shape index (κ3) is 5.10. The van der Waals surface area contributed by atoms with Crippen LogP contribution in [0.25, 0.3) is 0 Å². The number of benzene rings is 2. The Bertz CT molecular complexity index is 883. The van der Waals surface area contributed by atoms with Gasteiger partial charge in [-0.3, -0.25) is 19.7 Å². The summed E-state index contributed by atoms with van der Waals surface area (Å²) in [6.07, 6.45) is 0. The monoisotopic (exact) mass is 373 g/mol. The number of anilines is 1. The van der Waals surface area contributed by atoms with Gasteiger partial charge in [-0.15, -0.1) is 0 Å². The third-order valence-corrected chi connectivity index (χ3v) is 3.93. The molecule has 0 aliphatic carbocycles. The molecule has 0 unspecified atom stereocenters. The molecule has 8 heteroatoms. The highest BCUT2D eigenvalue weighted by Crippen LogP contribution is 2.22. The van der Waals surface area contributed by atoms with Crippen LogP contribution in [-0.4, -0.2) is 22.8 Å². The smallest absolute Gasteiger partial charge is 0.306 e. The lowest BCUT2D eigenvalue weighted by Crippen LogP contribution is -2.47. The summed E-state index contributed by atoms with van der Waals surface area (Å²) < 4.78 is 13.4. The Balaban J connectivity index is 2.17. The van der Waals surface area contributed by atoms with Crippen LogP contribution in [0, 0.1) is 28.8 Å². The minimum atomic E-state index is -0.994. The van der Waals surface area contributed by atoms with Gasteiger partial charge in [0.05, 0.1) is 4.92 Å². The molecule has 0 aliphatic rings. The molecule has 0 aliphatic heterocycles. The number of aryl methyl sites for hydroxylation is 1. The molecule has 0 fully saturated rings. The number of rotatable bonds is 6. The van der Waals surface area contributed by atoms with Gasteiger partial charge >= 0.3 is 5.69 Å². The van der Waals surface area contributed by atoms with Crippen LogP contribution in [0.1, 0.15) is 29.8 Å². The number of nitrogens with one attached hydrogen (secondary N) is 2. The first kappa shape index (κ1) is 20.0. The van der Waals surface area contributed by atoms with Crippen molar-refractivity contribution in [1.29, 1.82) is 0 Å². The van der Waals surface area contributed by atoms with Crippen molar-refractivity contribution < 1.29 is 18.9 Å². The van der Waals surface area contributed by atoms with Crippen LogP contribution in [0.2, 0.25) is 0 Å².